The van der Waals surface area contributed by atoms with Crippen LogP contribution in [0.15, 0.2) is 42.7 Å². The molecule has 4 heterocycles. The van der Waals surface area contributed by atoms with E-state index < -0.39 is 5.92 Å². The lowest BCUT2D eigenvalue weighted by Crippen LogP contribution is -2.53. The van der Waals surface area contributed by atoms with Crippen molar-refractivity contribution >= 4 is 17.5 Å². The molecule has 1 aromatic heterocycles. The van der Waals surface area contributed by atoms with Crippen molar-refractivity contribution in [3.8, 4) is 0 Å². The fourth-order valence-corrected chi connectivity index (χ4v) is 6.16. The second-order valence-electron chi connectivity index (χ2n) is 11.0. The highest BCUT2D eigenvalue weighted by molar-refractivity contribution is 5.76. The number of halogens is 2. The van der Waals surface area contributed by atoms with E-state index in [1.54, 1.807) is 12.3 Å². The zero-order valence-electron chi connectivity index (χ0n) is 22.0. The number of benzene rings is 1. The van der Waals surface area contributed by atoms with Gasteiger partial charge in [0.2, 0.25) is 0 Å². The highest BCUT2D eigenvalue weighted by Gasteiger charge is 2.44. The average Bonchev–Trinajstić information content (AvgIpc) is 3.47. The van der Waals surface area contributed by atoms with Crippen molar-refractivity contribution in [2.75, 3.05) is 42.9 Å². The molecular formula is C28H38F2N6O. The lowest BCUT2D eigenvalue weighted by atomic mass is 9.84. The first-order valence-electron chi connectivity index (χ1n) is 13.4. The molecule has 3 aliphatic rings. The molecule has 2 aromatic rings. The highest BCUT2D eigenvalue weighted by atomic mass is 19.3. The Morgan fingerprint density at radius 1 is 1.05 bits per heavy atom. The van der Waals surface area contributed by atoms with E-state index in [0.29, 0.717) is 32.0 Å². The van der Waals surface area contributed by atoms with Crippen LogP contribution in [-0.2, 0) is 6.54 Å². The minimum absolute atomic E-state index is 0.0741. The van der Waals surface area contributed by atoms with E-state index in [0.717, 1.165) is 55.7 Å². The van der Waals surface area contributed by atoms with Crippen LogP contribution in [0.5, 0.6) is 0 Å². The van der Waals surface area contributed by atoms with Crippen LogP contribution in [0.1, 0.15) is 56.6 Å². The van der Waals surface area contributed by atoms with Crippen LogP contribution in [0.4, 0.5) is 25.1 Å². The normalized spacial score (nSPS) is 21.4. The molecule has 0 aliphatic carbocycles. The van der Waals surface area contributed by atoms with Gasteiger partial charge in [0, 0.05) is 74.8 Å². The predicted molar refractivity (Wildman–Crippen MR) is 142 cm³/mol. The maximum absolute atomic E-state index is 13.8. The van der Waals surface area contributed by atoms with Gasteiger partial charge in [0.15, 0.2) is 5.82 Å². The van der Waals surface area contributed by atoms with Crippen molar-refractivity contribution in [2.45, 2.75) is 70.4 Å². The molecule has 1 spiro atoms. The molecule has 37 heavy (non-hydrogen) atoms. The number of anilines is 2. The summed E-state index contributed by atoms with van der Waals surface area (Å²) in [6.07, 6.45) is 5.63. The summed E-state index contributed by atoms with van der Waals surface area (Å²) in [6.45, 7) is 11.7. The van der Waals surface area contributed by atoms with Gasteiger partial charge in [0.1, 0.15) is 0 Å². The second-order valence-corrected chi connectivity index (χ2v) is 11.0. The van der Waals surface area contributed by atoms with Gasteiger partial charge in [-0.15, -0.1) is 5.10 Å². The molecule has 3 fully saturated rings. The van der Waals surface area contributed by atoms with E-state index in [9.17, 15) is 13.6 Å². The molecule has 1 N–H and O–H groups in total. The summed E-state index contributed by atoms with van der Waals surface area (Å²) in [6, 6.07) is 8.14. The molecule has 3 aliphatic heterocycles. The van der Waals surface area contributed by atoms with Crippen LogP contribution in [-0.4, -0.2) is 69.8 Å². The summed E-state index contributed by atoms with van der Waals surface area (Å²) in [7, 11) is 0. The topological polar surface area (TPSA) is 56.6 Å². The summed E-state index contributed by atoms with van der Waals surface area (Å²) in [5.41, 5.74) is 4.31. The number of rotatable bonds is 5. The van der Waals surface area contributed by atoms with Crippen LogP contribution in [0.25, 0.3) is 0 Å². The van der Waals surface area contributed by atoms with Gasteiger partial charge >= 0.3 is 6.03 Å². The van der Waals surface area contributed by atoms with Gasteiger partial charge in [0.05, 0.1) is 0 Å². The number of aryl methyl sites for hydroxylation is 1. The van der Waals surface area contributed by atoms with Gasteiger partial charge in [0.25, 0.3) is 5.92 Å². The summed E-state index contributed by atoms with van der Waals surface area (Å²) >= 11 is 0. The Bertz CT molecular complexity index is 1140. The quantitative estimate of drug-likeness (QED) is 0.576. The molecule has 5 rings (SSSR count). The molecule has 0 unspecified atom stereocenters. The Hall–Kier alpha value is -2.94. The van der Waals surface area contributed by atoms with Gasteiger partial charge in [-0.25, -0.2) is 13.6 Å². The number of amides is 1. The molecule has 1 aromatic carbocycles. The largest absolute Gasteiger partial charge is 0.371 e. The molecule has 0 radical (unpaired) electrons. The Balaban J connectivity index is 1.25. The predicted octanol–water partition coefficient (Wildman–Crippen LogP) is 5.47. The minimum Gasteiger partial charge on any atom is -0.371 e. The van der Waals surface area contributed by atoms with Crippen molar-refractivity contribution in [2.24, 2.45) is 0 Å². The molecule has 0 saturated carbocycles. The van der Waals surface area contributed by atoms with E-state index >= 15 is 0 Å². The van der Waals surface area contributed by atoms with Crippen LogP contribution < -0.4 is 10.2 Å². The first-order chi connectivity index (χ1) is 17.6. The number of piperidine rings is 2. The van der Waals surface area contributed by atoms with Crippen LogP contribution in [0.2, 0.25) is 0 Å². The maximum Gasteiger partial charge on any atom is 0.344 e. The zero-order chi connectivity index (χ0) is 26.2. The van der Waals surface area contributed by atoms with Crippen LogP contribution in [0.3, 0.4) is 0 Å². The number of carbonyl (C=O) groups is 1. The highest BCUT2D eigenvalue weighted by Crippen LogP contribution is 2.41. The summed E-state index contributed by atoms with van der Waals surface area (Å²) in [5.74, 6) is -1.94. The lowest BCUT2D eigenvalue weighted by Gasteiger charge is -2.45. The Labute approximate surface area is 218 Å². The van der Waals surface area contributed by atoms with E-state index in [-0.39, 0.29) is 24.4 Å². The number of hydrogen-bond donors (Lipinski definition) is 1. The number of aromatic nitrogens is 2. The molecule has 3 saturated heterocycles. The molecule has 0 bridgehead atoms. The van der Waals surface area contributed by atoms with Gasteiger partial charge in [-0.1, -0.05) is 18.7 Å². The standard InChI is InChI=1S/C28H38F2N6O/c1-21(2)31-25-7-14-36(32-25)26(37)34-15-9-27(10-16-34)8-4-13-35(27)20-23-6-5-22(3)19-24(23)33-17-11-28(29,30)12-18-33/h5-7,14,19H,1,4,8-13,15-18,20H2,2-3H3,(H,31,32). The van der Waals surface area contributed by atoms with E-state index in [4.69, 9.17) is 0 Å². The third-order valence-electron chi connectivity index (χ3n) is 8.27. The van der Waals surface area contributed by atoms with Crippen LogP contribution in [0, 0.1) is 6.92 Å². The zero-order valence-corrected chi connectivity index (χ0v) is 22.0. The lowest BCUT2D eigenvalue weighted by molar-refractivity contribution is -0.0221. The van der Waals surface area contributed by atoms with Crippen molar-refractivity contribution in [1.82, 2.24) is 19.6 Å². The first-order valence-corrected chi connectivity index (χ1v) is 13.4. The van der Waals surface area contributed by atoms with Crippen molar-refractivity contribution in [3.63, 3.8) is 0 Å². The third kappa shape index (κ3) is 5.51. The Kier molecular flexibility index (Phi) is 7.00. The minimum atomic E-state index is -2.55. The van der Waals surface area contributed by atoms with E-state index in [1.807, 2.05) is 11.8 Å². The number of nitrogens with zero attached hydrogens (tertiary/aromatic N) is 5. The second kappa shape index (κ2) is 10.1. The average molecular weight is 513 g/mol. The molecule has 1 amide bonds. The number of nitrogens with one attached hydrogen (secondary N) is 1. The van der Waals surface area contributed by atoms with Crippen LogP contribution >= 0.6 is 0 Å². The molecule has 0 atom stereocenters. The van der Waals surface area contributed by atoms with Gasteiger partial charge in [-0.3, -0.25) is 4.90 Å². The molecule has 7 nitrogen and oxygen atoms in total. The first kappa shape index (κ1) is 25.7. The maximum atomic E-state index is 13.8. The van der Waals surface area contributed by atoms with E-state index in [1.165, 1.54) is 10.2 Å². The summed E-state index contributed by atoms with van der Waals surface area (Å²) in [5, 5.41) is 7.39. The van der Waals surface area contributed by atoms with Crippen molar-refractivity contribution in [1.29, 1.82) is 0 Å². The van der Waals surface area contributed by atoms with Crippen molar-refractivity contribution < 1.29 is 13.6 Å². The Morgan fingerprint density at radius 2 is 1.78 bits per heavy atom. The fraction of sp³-hybridized carbons (Fsp3) is 0.571. The number of alkyl halides is 2. The number of likely N-dealkylation sites (tertiary alicyclic amines) is 2. The van der Waals surface area contributed by atoms with E-state index in [2.05, 4.69) is 51.9 Å². The number of allylic oxidation sites excluding steroid dienone is 1. The molecule has 200 valence electrons. The SMILES string of the molecule is C=C(C)Nc1ccn(C(=O)N2CCC3(CCCN3Cc3ccc(C)cc3N3CCC(F)(F)CC3)CC2)n1. The third-order valence-corrected chi connectivity index (χ3v) is 8.27. The summed E-state index contributed by atoms with van der Waals surface area (Å²) in [4.78, 5) is 19.7. The number of hydrogen-bond acceptors (Lipinski definition) is 5. The van der Waals surface area contributed by atoms with Gasteiger partial charge in [-0.05, 0) is 63.3 Å². The van der Waals surface area contributed by atoms with Gasteiger partial charge in [-0.2, -0.15) is 4.68 Å². The monoisotopic (exact) mass is 512 g/mol. The number of carbonyl (C=O) groups excluding carboxylic acids is 1. The molecule has 9 heteroatoms. The fourth-order valence-electron chi connectivity index (χ4n) is 6.16. The Morgan fingerprint density at radius 3 is 2.49 bits per heavy atom. The van der Waals surface area contributed by atoms with Crippen molar-refractivity contribution in [3.05, 3.63) is 53.9 Å². The summed E-state index contributed by atoms with van der Waals surface area (Å²) < 4.78 is 29.0. The molecular weight excluding hydrogens is 474 g/mol. The van der Waals surface area contributed by atoms with Gasteiger partial charge < -0.3 is 15.1 Å². The smallest absolute Gasteiger partial charge is 0.344 e.